The number of ether oxygens (including phenoxy) is 1. The summed E-state index contributed by atoms with van der Waals surface area (Å²) in [5, 5.41) is 5.68. The average molecular weight is 397 g/mol. The van der Waals surface area contributed by atoms with Crippen molar-refractivity contribution in [1.29, 1.82) is 0 Å². The first kappa shape index (κ1) is 22.5. The van der Waals surface area contributed by atoms with Crippen molar-refractivity contribution in [1.82, 2.24) is 5.32 Å². The first-order valence-electron chi connectivity index (χ1n) is 10.4. The number of unbranched alkanes of at least 4 members (excludes halogenated alkanes) is 4. The third-order valence-electron chi connectivity index (χ3n) is 4.44. The summed E-state index contributed by atoms with van der Waals surface area (Å²) < 4.78 is 5.74. The van der Waals surface area contributed by atoms with Crippen LogP contribution in [-0.2, 0) is 0 Å². The van der Waals surface area contributed by atoms with E-state index >= 15 is 0 Å². The molecule has 156 valence electrons. The molecule has 0 atom stereocenters. The van der Waals surface area contributed by atoms with Crippen LogP contribution in [0.2, 0.25) is 0 Å². The zero-order valence-electron chi connectivity index (χ0n) is 17.7. The average Bonchev–Trinajstić information content (AvgIpc) is 2.70. The number of amides is 2. The van der Waals surface area contributed by atoms with Crippen LogP contribution < -0.4 is 15.4 Å². The van der Waals surface area contributed by atoms with Gasteiger partial charge in [-0.05, 0) is 62.7 Å². The Morgan fingerprint density at radius 2 is 1.62 bits per heavy atom. The van der Waals surface area contributed by atoms with Gasteiger partial charge < -0.3 is 15.4 Å². The number of carbonyl (C=O) groups excluding carboxylic acids is 2. The predicted molar refractivity (Wildman–Crippen MR) is 118 cm³/mol. The second-order valence-corrected chi connectivity index (χ2v) is 7.45. The third kappa shape index (κ3) is 7.98. The number of hydrogen-bond acceptors (Lipinski definition) is 3. The Kier molecular flexibility index (Phi) is 9.22. The molecule has 0 aliphatic heterocycles. The fourth-order valence-electron chi connectivity index (χ4n) is 2.89. The number of rotatable bonds is 11. The van der Waals surface area contributed by atoms with Crippen molar-refractivity contribution in [3.8, 4) is 5.75 Å². The highest BCUT2D eigenvalue weighted by Gasteiger charge is 2.10. The Hall–Kier alpha value is -2.82. The van der Waals surface area contributed by atoms with Crippen LogP contribution in [0.4, 0.5) is 5.69 Å². The highest BCUT2D eigenvalue weighted by atomic mass is 16.5. The van der Waals surface area contributed by atoms with Crippen LogP contribution in [0.5, 0.6) is 5.75 Å². The predicted octanol–water partition coefficient (Wildman–Crippen LogP) is 5.43. The van der Waals surface area contributed by atoms with Gasteiger partial charge in [0, 0.05) is 22.9 Å². The van der Waals surface area contributed by atoms with Gasteiger partial charge in [0.1, 0.15) is 5.75 Å². The molecular formula is C24H32N2O3. The molecule has 5 heteroatoms. The van der Waals surface area contributed by atoms with Crippen LogP contribution in [0.15, 0.2) is 48.5 Å². The third-order valence-corrected chi connectivity index (χ3v) is 4.44. The second kappa shape index (κ2) is 11.9. The monoisotopic (exact) mass is 396 g/mol. The molecule has 0 heterocycles. The van der Waals surface area contributed by atoms with Crippen LogP contribution >= 0.6 is 0 Å². The zero-order chi connectivity index (χ0) is 21.1. The van der Waals surface area contributed by atoms with Gasteiger partial charge in [-0.3, -0.25) is 9.59 Å². The van der Waals surface area contributed by atoms with Gasteiger partial charge in [-0.25, -0.2) is 0 Å². The summed E-state index contributed by atoms with van der Waals surface area (Å²) in [6.07, 6.45) is 5.99. The molecule has 0 bridgehead atoms. The summed E-state index contributed by atoms with van der Waals surface area (Å²) in [5.74, 6) is 0.384. The van der Waals surface area contributed by atoms with E-state index in [4.69, 9.17) is 4.74 Å². The Bertz CT molecular complexity index is 785. The molecule has 0 saturated carbocycles. The lowest BCUT2D eigenvalue weighted by molar-refractivity contribution is 0.0941. The van der Waals surface area contributed by atoms with Crippen LogP contribution in [0.3, 0.4) is 0 Å². The molecular weight excluding hydrogens is 364 g/mol. The fourth-order valence-corrected chi connectivity index (χ4v) is 2.89. The summed E-state index contributed by atoms with van der Waals surface area (Å²) in [5.41, 5.74) is 1.63. The fraction of sp³-hybridized carbons (Fsp3) is 0.417. The lowest BCUT2D eigenvalue weighted by Gasteiger charge is -2.11. The minimum Gasteiger partial charge on any atom is -0.494 e. The van der Waals surface area contributed by atoms with Gasteiger partial charge in [0.25, 0.3) is 11.8 Å². The Balaban J connectivity index is 1.87. The maximum Gasteiger partial charge on any atom is 0.255 e. The zero-order valence-corrected chi connectivity index (χ0v) is 17.7. The molecule has 2 aromatic carbocycles. The molecule has 0 saturated heterocycles. The van der Waals surface area contributed by atoms with Crippen molar-refractivity contribution in [2.75, 3.05) is 11.9 Å². The molecule has 2 aromatic rings. The highest BCUT2D eigenvalue weighted by molar-refractivity contribution is 6.05. The quantitative estimate of drug-likeness (QED) is 0.498. The van der Waals surface area contributed by atoms with E-state index in [0.29, 0.717) is 23.4 Å². The molecule has 0 aliphatic carbocycles. The van der Waals surface area contributed by atoms with E-state index in [1.807, 2.05) is 26.0 Å². The molecule has 2 N–H and O–H groups in total. The normalized spacial score (nSPS) is 10.6. The van der Waals surface area contributed by atoms with E-state index in [0.717, 1.165) is 12.2 Å². The molecule has 2 amide bonds. The largest absolute Gasteiger partial charge is 0.494 e. The van der Waals surface area contributed by atoms with Gasteiger partial charge in [0.05, 0.1) is 6.61 Å². The molecule has 0 aromatic heterocycles. The molecule has 0 spiro atoms. The van der Waals surface area contributed by atoms with Crippen molar-refractivity contribution in [3.63, 3.8) is 0 Å². The maximum atomic E-state index is 12.5. The molecule has 0 fully saturated rings. The topological polar surface area (TPSA) is 67.4 Å². The second-order valence-electron chi connectivity index (χ2n) is 7.45. The van der Waals surface area contributed by atoms with Gasteiger partial charge in [-0.2, -0.15) is 0 Å². The van der Waals surface area contributed by atoms with E-state index < -0.39 is 0 Å². The Morgan fingerprint density at radius 3 is 2.31 bits per heavy atom. The number of benzene rings is 2. The lowest BCUT2D eigenvalue weighted by Crippen LogP contribution is -2.30. The number of nitrogens with one attached hydrogen (secondary N) is 2. The van der Waals surface area contributed by atoms with E-state index in [9.17, 15) is 9.59 Å². The number of anilines is 1. The van der Waals surface area contributed by atoms with E-state index in [1.54, 1.807) is 36.4 Å². The van der Waals surface area contributed by atoms with E-state index in [-0.39, 0.29) is 17.9 Å². The molecule has 5 nitrogen and oxygen atoms in total. The summed E-state index contributed by atoms with van der Waals surface area (Å²) in [4.78, 5) is 24.6. The number of carbonyl (C=O) groups is 2. The van der Waals surface area contributed by atoms with Gasteiger partial charge in [0.2, 0.25) is 0 Å². The molecule has 29 heavy (non-hydrogen) atoms. The summed E-state index contributed by atoms with van der Waals surface area (Å²) in [7, 11) is 0. The van der Waals surface area contributed by atoms with Crippen LogP contribution in [0, 0.1) is 0 Å². The minimum absolute atomic E-state index is 0.0535. The first-order chi connectivity index (χ1) is 14.0. The van der Waals surface area contributed by atoms with Crippen molar-refractivity contribution in [3.05, 3.63) is 59.7 Å². The first-order valence-corrected chi connectivity index (χ1v) is 10.4. The molecule has 0 aliphatic rings. The van der Waals surface area contributed by atoms with Crippen molar-refractivity contribution in [2.24, 2.45) is 0 Å². The Labute approximate surface area is 173 Å². The van der Waals surface area contributed by atoms with Crippen LogP contribution in [0.25, 0.3) is 0 Å². The van der Waals surface area contributed by atoms with Crippen molar-refractivity contribution < 1.29 is 14.3 Å². The standard InChI is InChI=1S/C24H32N2O3/c1-4-5-6-7-8-16-29-22-14-12-19(13-15-22)23(27)26-21-11-9-10-20(17-21)24(28)25-18(2)3/h9-15,17-18H,4-8,16H2,1-3H3,(H,25,28)(H,26,27). The van der Waals surface area contributed by atoms with Crippen LogP contribution in [-0.4, -0.2) is 24.5 Å². The van der Waals surface area contributed by atoms with Crippen molar-refractivity contribution >= 4 is 17.5 Å². The summed E-state index contributed by atoms with van der Waals surface area (Å²) >= 11 is 0. The molecule has 0 unspecified atom stereocenters. The van der Waals surface area contributed by atoms with Gasteiger partial charge >= 0.3 is 0 Å². The van der Waals surface area contributed by atoms with Gasteiger partial charge in [0.15, 0.2) is 0 Å². The van der Waals surface area contributed by atoms with E-state index in [1.165, 1.54) is 25.7 Å². The SMILES string of the molecule is CCCCCCCOc1ccc(C(=O)Nc2cccc(C(=O)NC(C)C)c2)cc1. The van der Waals surface area contributed by atoms with E-state index in [2.05, 4.69) is 17.6 Å². The summed E-state index contributed by atoms with van der Waals surface area (Å²) in [6.45, 7) is 6.71. The van der Waals surface area contributed by atoms with Crippen molar-refractivity contribution in [2.45, 2.75) is 58.9 Å². The molecule has 2 rings (SSSR count). The summed E-state index contributed by atoms with van der Waals surface area (Å²) in [6, 6.07) is 14.1. The van der Waals surface area contributed by atoms with Gasteiger partial charge in [-0.15, -0.1) is 0 Å². The highest BCUT2D eigenvalue weighted by Crippen LogP contribution is 2.16. The maximum absolute atomic E-state index is 12.5. The van der Waals surface area contributed by atoms with Gasteiger partial charge in [-0.1, -0.05) is 38.7 Å². The van der Waals surface area contributed by atoms with Crippen LogP contribution in [0.1, 0.15) is 73.6 Å². The Morgan fingerprint density at radius 1 is 0.897 bits per heavy atom. The lowest BCUT2D eigenvalue weighted by atomic mass is 10.1. The molecule has 0 radical (unpaired) electrons. The minimum atomic E-state index is -0.225. The smallest absolute Gasteiger partial charge is 0.255 e. The number of hydrogen-bond donors (Lipinski definition) is 2.